The molecule has 94 valence electrons. The Kier molecular flexibility index (Phi) is 4.69. The zero-order valence-corrected chi connectivity index (χ0v) is 10.6. The average Bonchev–Trinajstić information content (AvgIpc) is 2.34. The fourth-order valence-corrected chi connectivity index (χ4v) is 1.54. The summed E-state index contributed by atoms with van der Waals surface area (Å²) >= 11 is 0. The SMILES string of the molecule is C=C(N)COc1cc(CC)c(OC)c(OC)c1. The number of hydrogen-bond donors (Lipinski definition) is 1. The molecule has 0 fully saturated rings. The minimum Gasteiger partial charge on any atom is -0.493 e. The summed E-state index contributed by atoms with van der Waals surface area (Å²) in [6.45, 7) is 5.92. The lowest BCUT2D eigenvalue weighted by Gasteiger charge is -2.14. The zero-order chi connectivity index (χ0) is 12.8. The summed E-state index contributed by atoms with van der Waals surface area (Å²) in [5, 5.41) is 0. The van der Waals surface area contributed by atoms with Crippen LogP contribution in [0.4, 0.5) is 0 Å². The molecule has 2 N–H and O–H groups in total. The normalized spacial score (nSPS) is 9.82. The Balaban J connectivity index is 3.04. The number of nitrogens with two attached hydrogens (primary N) is 1. The molecule has 0 aromatic heterocycles. The summed E-state index contributed by atoms with van der Waals surface area (Å²) in [7, 11) is 3.22. The van der Waals surface area contributed by atoms with Gasteiger partial charge in [-0.25, -0.2) is 0 Å². The molecule has 0 saturated heterocycles. The van der Waals surface area contributed by atoms with Crippen molar-refractivity contribution in [3.8, 4) is 17.2 Å². The first-order valence-corrected chi connectivity index (χ1v) is 5.43. The molecule has 0 atom stereocenters. The highest BCUT2D eigenvalue weighted by atomic mass is 16.5. The molecule has 0 bridgehead atoms. The van der Waals surface area contributed by atoms with Crippen molar-refractivity contribution in [1.29, 1.82) is 0 Å². The predicted octanol–water partition coefficient (Wildman–Crippen LogP) is 2.12. The summed E-state index contributed by atoms with van der Waals surface area (Å²) in [6, 6.07) is 3.70. The van der Waals surface area contributed by atoms with E-state index in [9.17, 15) is 0 Å². The second-order valence-electron chi connectivity index (χ2n) is 3.62. The molecule has 4 nitrogen and oxygen atoms in total. The molecular weight excluding hydrogens is 218 g/mol. The molecule has 0 amide bonds. The first-order valence-electron chi connectivity index (χ1n) is 5.43. The minimum absolute atomic E-state index is 0.290. The van der Waals surface area contributed by atoms with Crippen LogP contribution in [0.25, 0.3) is 0 Å². The van der Waals surface area contributed by atoms with E-state index in [1.807, 2.05) is 13.0 Å². The highest BCUT2D eigenvalue weighted by Gasteiger charge is 2.11. The summed E-state index contributed by atoms with van der Waals surface area (Å²) < 4.78 is 16.1. The van der Waals surface area contributed by atoms with Crippen LogP contribution < -0.4 is 19.9 Å². The smallest absolute Gasteiger partial charge is 0.164 e. The van der Waals surface area contributed by atoms with Crippen LogP contribution in [-0.4, -0.2) is 20.8 Å². The Morgan fingerprint density at radius 3 is 2.47 bits per heavy atom. The molecular formula is C13H19NO3. The molecule has 0 spiro atoms. The van der Waals surface area contributed by atoms with Gasteiger partial charge in [-0.2, -0.15) is 0 Å². The van der Waals surface area contributed by atoms with Crippen LogP contribution in [0, 0.1) is 0 Å². The van der Waals surface area contributed by atoms with Crippen molar-refractivity contribution >= 4 is 0 Å². The number of aryl methyl sites for hydroxylation is 1. The monoisotopic (exact) mass is 237 g/mol. The molecule has 0 heterocycles. The third kappa shape index (κ3) is 3.31. The molecule has 0 radical (unpaired) electrons. The average molecular weight is 237 g/mol. The van der Waals surface area contributed by atoms with Gasteiger partial charge in [0.25, 0.3) is 0 Å². The molecule has 0 aliphatic heterocycles. The van der Waals surface area contributed by atoms with E-state index in [1.165, 1.54) is 0 Å². The number of methoxy groups -OCH3 is 2. The van der Waals surface area contributed by atoms with Gasteiger partial charge in [-0.3, -0.25) is 0 Å². The van der Waals surface area contributed by atoms with Crippen LogP contribution in [0.15, 0.2) is 24.4 Å². The summed E-state index contributed by atoms with van der Waals surface area (Å²) in [5.74, 6) is 2.10. The van der Waals surface area contributed by atoms with Crippen molar-refractivity contribution in [3.05, 3.63) is 30.0 Å². The van der Waals surface area contributed by atoms with Crippen LogP contribution in [0.1, 0.15) is 12.5 Å². The van der Waals surface area contributed by atoms with E-state index < -0.39 is 0 Å². The Bertz CT molecular complexity index is 377. The molecule has 0 saturated carbocycles. The Labute approximate surface area is 102 Å². The Morgan fingerprint density at radius 2 is 2.00 bits per heavy atom. The van der Waals surface area contributed by atoms with Gasteiger partial charge in [-0.1, -0.05) is 13.5 Å². The summed E-state index contributed by atoms with van der Waals surface area (Å²) in [4.78, 5) is 0. The highest BCUT2D eigenvalue weighted by Crippen LogP contribution is 2.35. The van der Waals surface area contributed by atoms with E-state index in [1.54, 1.807) is 20.3 Å². The van der Waals surface area contributed by atoms with Crippen LogP contribution >= 0.6 is 0 Å². The predicted molar refractivity (Wildman–Crippen MR) is 67.7 cm³/mol. The maximum atomic E-state index is 5.49. The molecule has 4 heteroatoms. The standard InChI is InChI=1S/C13H19NO3/c1-5-10-6-11(17-8-9(2)14)7-12(15-3)13(10)16-4/h6-7H,2,5,8,14H2,1,3-4H3. The van der Waals surface area contributed by atoms with Crippen LogP contribution in [0.3, 0.4) is 0 Å². The van der Waals surface area contributed by atoms with Crippen LogP contribution in [-0.2, 0) is 6.42 Å². The van der Waals surface area contributed by atoms with Gasteiger partial charge in [0.05, 0.1) is 14.2 Å². The molecule has 0 unspecified atom stereocenters. The topological polar surface area (TPSA) is 53.7 Å². The van der Waals surface area contributed by atoms with Gasteiger partial charge in [0.1, 0.15) is 12.4 Å². The van der Waals surface area contributed by atoms with Crippen molar-refractivity contribution in [3.63, 3.8) is 0 Å². The lowest BCUT2D eigenvalue weighted by Crippen LogP contribution is -2.08. The molecule has 1 aromatic rings. The number of benzene rings is 1. The fraction of sp³-hybridized carbons (Fsp3) is 0.385. The minimum atomic E-state index is 0.290. The Hall–Kier alpha value is -1.84. The van der Waals surface area contributed by atoms with Gasteiger partial charge in [0.2, 0.25) is 0 Å². The number of rotatable bonds is 6. The molecule has 17 heavy (non-hydrogen) atoms. The quantitative estimate of drug-likeness (QED) is 0.823. The third-order valence-corrected chi connectivity index (χ3v) is 2.33. The highest BCUT2D eigenvalue weighted by molar-refractivity contribution is 5.51. The number of hydrogen-bond acceptors (Lipinski definition) is 4. The first-order chi connectivity index (χ1) is 8.12. The molecule has 0 aliphatic carbocycles. The van der Waals surface area contributed by atoms with E-state index >= 15 is 0 Å². The largest absolute Gasteiger partial charge is 0.493 e. The zero-order valence-electron chi connectivity index (χ0n) is 10.6. The fourth-order valence-electron chi connectivity index (χ4n) is 1.54. The van der Waals surface area contributed by atoms with Gasteiger partial charge in [0, 0.05) is 17.3 Å². The second-order valence-corrected chi connectivity index (χ2v) is 3.62. The van der Waals surface area contributed by atoms with Gasteiger partial charge in [-0.15, -0.1) is 0 Å². The lowest BCUT2D eigenvalue weighted by atomic mass is 10.1. The maximum absolute atomic E-state index is 5.49. The van der Waals surface area contributed by atoms with Crippen LogP contribution in [0.5, 0.6) is 17.2 Å². The number of ether oxygens (including phenoxy) is 3. The third-order valence-electron chi connectivity index (χ3n) is 2.33. The maximum Gasteiger partial charge on any atom is 0.164 e. The lowest BCUT2D eigenvalue weighted by molar-refractivity contribution is 0.331. The van der Waals surface area contributed by atoms with Gasteiger partial charge in [0.15, 0.2) is 11.5 Å². The van der Waals surface area contributed by atoms with Gasteiger partial charge >= 0.3 is 0 Å². The van der Waals surface area contributed by atoms with E-state index in [-0.39, 0.29) is 0 Å². The molecule has 1 rings (SSSR count). The van der Waals surface area contributed by atoms with Crippen molar-refractivity contribution in [2.75, 3.05) is 20.8 Å². The molecule has 0 aliphatic rings. The summed E-state index contributed by atoms with van der Waals surface area (Å²) in [5.41, 5.74) is 6.98. The van der Waals surface area contributed by atoms with Crippen molar-refractivity contribution < 1.29 is 14.2 Å². The first kappa shape index (κ1) is 13.2. The second kappa shape index (κ2) is 6.03. The van der Waals surface area contributed by atoms with E-state index in [0.29, 0.717) is 23.8 Å². The molecule has 1 aromatic carbocycles. The van der Waals surface area contributed by atoms with E-state index in [2.05, 4.69) is 6.58 Å². The van der Waals surface area contributed by atoms with Crippen molar-refractivity contribution in [1.82, 2.24) is 0 Å². The van der Waals surface area contributed by atoms with Crippen molar-refractivity contribution in [2.24, 2.45) is 5.73 Å². The van der Waals surface area contributed by atoms with E-state index in [0.717, 1.165) is 17.7 Å². The Morgan fingerprint density at radius 1 is 1.29 bits per heavy atom. The van der Waals surface area contributed by atoms with Gasteiger partial charge < -0.3 is 19.9 Å². The van der Waals surface area contributed by atoms with E-state index in [4.69, 9.17) is 19.9 Å². The van der Waals surface area contributed by atoms with Crippen LogP contribution in [0.2, 0.25) is 0 Å². The van der Waals surface area contributed by atoms with Crippen molar-refractivity contribution in [2.45, 2.75) is 13.3 Å². The summed E-state index contributed by atoms with van der Waals surface area (Å²) in [6.07, 6.45) is 0.834. The van der Waals surface area contributed by atoms with Gasteiger partial charge in [-0.05, 0) is 12.5 Å².